The van der Waals surface area contributed by atoms with Crippen molar-refractivity contribution in [3.05, 3.63) is 34.3 Å². The molecule has 0 spiro atoms. The van der Waals surface area contributed by atoms with Crippen molar-refractivity contribution in [3.8, 4) is 0 Å². The summed E-state index contributed by atoms with van der Waals surface area (Å²) in [6, 6.07) is 3.89. The molecule has 0 saturated carbocycles. The topological polar surface area (TPSA) is 73.6 Å². The van der Waals surface area contributed by atoms with Crippen LogP contribution in [0.4, 0.5) is 5.69 Å². The van der Waals surface area contributed by atoms with Gasteiger partial charge < -0.3 is 20.4 Å². The summed E-state index contributed by atoms with van der Waals surface area (Å²) in [4.78, 5) is 11.4. The fourth-order valence-corrected chi connectivity index (χ4v) is 2.84. The number of amides is 1. The normalized spacial score (nSPS) is 19.2. The number of carbonyl (C=O) groups is 1. The van der Waals surface area contributed by atoms with E-state index in [4.69, 9.17) is 15.0 Å². The van der Waals surface area contributed by atoms with Gasteiger partial charge in [0.15, 0.2) is 0 Å². The molecule has 6 heteroatoms. The summed E-state index contributed by atoms with van der Waals surface area (Å²) in [7, 11) is -0.506. The summed E-state index contributed by atoms with van der Waals surface area (Å²) in [6.45, 7) is 14.0. The van der Waals surface area contributed by atoms with Crippen molar-refractivity contribution in [1.82, 2.24) is 5.32 Å². The zero-order valence-corrected chi connectivity index (χ0v) is 16.3. The molecular weight excluding hydrogens is 315 g/mol. The molecule has 1 heterocycles. The first-order valence-electron chi connectivity index (χ1n) is 8.60. The second-order valence-corrected chi connectivity index (χ2v) is 7.79. The maximum Gasteiger partial charge on any atom is 0.492 e. The molecule has 1 saturated heterocycles. The number of nitrogen functional groups attached to an aromatic ring is 1. The van der Waals surface area contributed by atoms with Crippen molar-refractivity contribution in [2.75, 3.05) is 12.3 Å². The molecule has 0 aromatic heterocycles. The third kappa shape index (κ3) is 4.25. The molecule has 25 heavy (non-hydrogen) atoms. The third-order valence-electron chi connectivity index (χ3n) is 5.04. The Morgan fingerprint density at radius 2 is 1.64 bits per heavy atom. The number of hydrogen-bond donors (Lipinski definition) is 2. The average molecular weight is 344 g/mol. The van der Waals surface area contributed by atoms with Gasteiger partial charge in [0.1, 0.15) is 0 Å². The van der Waals surface area contributed by atoms with Gasteiger partial charge >= 0.3 is 7.12 Å². The highest BCUT2D eigenvalue weighted by Crippen LogP contribution is 2.39. The minimum atomic E-state index is -0.506. The first kappa shape index (κ1) is 19.5. The van der Waals surface area contributed by atoms with Gasteiger partial charge in [-0.3, -0.25) is 4.79 Å². The number of rotatable bonds is 4. The van der Waals surface area contributed by atoms with Crippen LogP contribution < -0.4 is 11.1 Å². The van der Waals surface area contributed by atoms with Gasteiger partial charge in [0.05, 0.1) is 11.2 Å². The highest BCUT2D eigenvalue weighted by atomic mass is 16.7. The Bertz CT molecular complexity index is 672. The van der Waals surface area contributed by atoms with Gasteiger partial charge in [0.25, 0.3) is 0 Å². The molecule has 136 valence electrons. The highest BCUT2D eigenvalue weighted by Gasteiger charge is 2.52. The van der Waals surface area contributed by atoms with Gasteiger partial charge in [-0.15, -0.1) is 0 Å². The lowest BCUT2D eigenvalue weighted by molar-refractivity contribution is -0.118. The van der Waals surface area contributed by atoms with Crippen molar-refractivity contribution < 1.29 is 14.1 Å². The van der Waals surface area contributed by atoms with Crippen LogP contribution in [0.15, 0.2) is 17.6 Å². The van der Waals surface area contributed by atoms with Crippen LogP contribution in [0.5, 0.6) is 0 Å². The van der Waals surface area contributed by atoms with E-state index in [-0.39, 0.29) is 5.91 Å². The van der Waals surface area contributed by atoms with E-state index < -0.39 is 18.3 Å². The predicted molar refractivity (Wildman–Crippen MR) is 103 cm³/mol. The summed E-state index contributed by atoms with van der Waals surface area (Å²) < 4.78 is 12.3. The monoisotopic (exact) mass is 344 g/mol. The van der Waals surface area contributed by atoms with E-state index in [2.05, 4.69) is 5.32 Å². The number of anilines is 1. The molecule has 5 nitrogen and oxygen atoms in total. The smallest absolute Gasteiger partial charge is 0.400 e. The second-order valence-electron chi connectivity index (χ2n) is 7.79. The van der Waals surface area contributed by atoms with Crippen LogP contribution in [0.1, 0.15) is 51.3 Å². The Balaban J connectivity index is 2.42. The van der Waals surface area contributed by atoms with E-state index in [1.54, 1.807) is 0 Å². The lowest BCUT2D eigenvalue weighted by Crippen LogP contribution is -2.41. The van der Waals surface area contributed by atoms with Crippen LogP contribution >= 0.6 is 0 Å². The van der Waals surface area contributed by atoms with Gasteiger partial charge in [-0.25, -0.2) is 0 Å². The minimum Gasteiger partial charge on any atom is -0.400 e. The number of benzene rings is 1. The van der Waals surface area contributed by atoms with Crippen LogP contribution in [-0.4, -0.2) is 30.8 Å². The predicted octanol–water partition coefficient (Wildman–Crippen LogP) is 3.04. The SMILES string of the molecule is CC(=O)NCC(=Cc1c(C)cc(N)cc1C)B1OC(C)(C)C(C)(C)O1. The second kappa shape index (κ2) is 6.85. The molecule has 1 aliphatic heterocycles. The molecule has 1 amide bonds. The molecule has 0 unspecified atom stereocenters. The van der Waals surface area contributed by atoms with E-state index >= 15 is 0 Å². The van der Waals surface area contributed by atoms with Gasteiger partial charge in [-0.2, -0.15) is 0 Å². The molecule has 0 atom stereocenters. The molecule has 1 aliphatic rings. The van der Waals surface area contributed by atoms with E-state index in [0.717, 1.165) is 27.9 Å². The molecule has 0 bridgehead atoms. The quantitative estimate of drug-likeness (QED) is 0.650. The first-order valence-corrected chi connectivity index (χ1v) is 8.60. The minimum absolute atomic E-state index is 0.0897. The molecule has 2 rings (SSSR count). The zero-order chi connectivity index (χ0) is 19.0. The van der Waals surface area contributed by atoms with Gasteiger partial charge in [0, 0.05) is 19.2 Å². The fraction of sp³-hybridized carbons (Fsp3) is 0.526. The van der Waals surface area contributed by atoms with Crippen LogP contribution in [0.25, 0.3) is 6.08 Å². The first-order chi connectivity index (χ1) is 11.4. The van der Waals surface area contributed by atoms with Crippen LogP contribution in [0, 0.1) is 13.8 Å². The Hall–Kier alpha value is -1.79. The lowest BCUT2D eigenvalue weighted by atomic mass is 9.76. The maximum atomic E-state index is 11.4. The molecule has 1 aromatic rings. The summed E-state index contributed by atoms with van der Waals surface area (Å²) in [6.07, 6.45) is 2.04. The fourth-order valence-electron chi connectivity index (χ4n) is 2.84. The van der Waals surface area contributed by atoms with Crippen molar-refractivity contribution in [3.63, 3.8) is 0 Å². The van der Waals surface area contributed by atoms with Crippen molar-refractivity contribution in [2.24, 2.45) is 0 Å². The van der Waals surface area contributed by atoms with Crippen LogP contribution in [-0.2, 0) is 14.1 Å². The molecule has 1 aromatic carbocycles. The Labute approximate surface area is 151 Å². The molecule has 0 radical (unpaired) electrons. The van der Waals surface area contributed by atoms with Crippen molar-refractivity contribution >= 4 is 24.8 Å². The summed E-state index contributed by atoms with van der Waals surface area (Å²) in [5.41, 5.74) is 9.91. The van der Waals surface area contributed by atoms with Crippen molar-refractivity contribution in [1.29, 1.82) is 0 Å². The summed E-state index contributed by atoms with van der Waals surface area (Å²) >= 11 is 0. The Kier molecular flexibility index (Phi) is 5.35. The van der Waals surface area contributed by atoms with Crippen molar-refractivity contribution in [2.45, 2.75) is 59.7 Å². The Morgan fingerprint density at radius 3 is 2.08 bits per heavy atom. The molecule has 0 aliphatic carbocycles. The van der Waals surface area contributed by atoms with Gasteiger partial charge in [-0.05, 0) is 75.8 Å². The standard InChI is InChI=1S/C19H29BN2O3/c1-12-8-16(21)9-13(2)17(12)10-15(11-22-14(3)23)20-24-18(4,5)19(6,7)25-20/h8-10H,11,21H2,1-7H3,(H,22,23). The molecule has 1 fully saturated rings. The maximum absolute atomic E-state index is 11.4. The largest absolute Gasteiger partial charge is 0.492 e. The highest BCUT2D eigenvalue weighted by molar-refractivity contribution is 6.56. The molecular formula is C19H29BN2O3. The molecule has 3 N–H and O–H groups in total. The van der Waals surface area contributed by atoms with Gasteiger partial charge in [0.2, 0.25) is 5.91 Å². The lowest BCUT2D eigenvalue weighted by Gasteiger charge is -2.32. The number of carbonyl (C=O) groups excluding carboxylic acids is 1. The summed E-state index contributed by atoms with van der Waals surface area (Å²) in [5, 5.41) is 2.86. The van der Waals surface area contributed by atoms with E-state index in [0.29, 0.717) is 6.54 Å². The number of nitrogens with one attached hydrogen (secondary N) is 1. The zero-order valence-electron chi connectivity index (χ0n) is 16.3. The third-order valence-corrected chi connectivity index (χ3v) is 5.04. The van der Waals surface area contributed by atoms with Crippen LogP contribution in [0.2, 0.25) is 0 Å². The van der Waals surface area contributed by atoms with E-state index in [1.165, 1.54) is 6.92 Å². The number of aryl methyl sites for hydroxylation is 2. The van der Waals surface area contributed by atoms with E-state index in [9.17, 15) is 4.79 Å². The van der Waals surface area contributed by atoms with Crippen LogP contribution in [0.3, 0.4) is 0 Å². The Morgan fingerprint density at radius 1 is 1.16 bits per heavy atom. The number of nitrogens with two attached hydrogens (primary N) is 1. The number of hydrogen-bond acceptors (Lipinski definition) is 4. The van der Waals surface area contributed by atoms with Gasteiger partial charge in [-0.1, -0.05) is 6.08 Å². The summed E-state index contributed by atoms with van der Waals surface area (Å²) in [5.74, 6) is -0.0897. The van der Waals surface area contributed by atoms with E-state index in [1.807, 2.05) is 59.8 Å². The average Bonchev–Trinajstić information content (AvgIpc) is 2.65.